The molecule has 0 bridgehead atoms. The van der Waals surface area contributed by atoms with Gasteiger partial charge in [0.05, 0.1) is 17.2 Å². The van der Waals surface area contributed by atoms with Crippen molar-refractivity contribution in [3.8, 4) is 0 Å². The molecule has 2 rings (SSSR count). The van der Waals surface area contributed by atoms with E-state index in [0.717, 1.165) is 0 Å². The molecule has 0 spiro atoms. The van der Waals surface area contributed by atoms with Gasteiger partial charge < -0.3 is 4.74 Å². The number of rotatable bonds is 5. The van der Waals surface area contributed by atoms with Crippen molar-refractivity contribution >= 4 is 23.1 Å². The summed E-state index contributed by atoms with van der Waals surface area (Å²) in [6.07, 6.45) is 0.597. The molecule has 7 nitrogen and oxygen atoms in total. The van der Waals surface area contributed by atoms with Crippen molar-refractivity contribution in [3.63, 3.8) is 0 Å². The molecule has 0 fully saturated rings. The summed E-state index contributed by atoms with van der Waals surface area (Å²) < 4.78 is 5.17. The molecule has 0 amide bonds. The topological polar surface area (TPSA) is 94.2 Å². The van der Waals surface area contributed by atoms with Crippen LogP contribution in [-0.2, 0) is 9.53 Å². The maximum atomic E-state index is 12.4. The lowest BCUT2D eigenvalue weighted by Crippen LogP contribution is -2.36. The van der Waals surface area contributed by atoms with E-state index >= 15 is 0 Å². The quantitative estimate of drug-likeness (QED) is 0.473. The molecule has 0 radical (unpaired) electrons. The Hall–Kier alpha value is -2.57. The Morgan fingerprint density at radius 2 is 2.09 bits per heavy atom. The molecule has 7 heteroatoms. The summed E-state index contributed by atoms with van der Waals surface area (Å²) in [6.45, 7) is 5.65. The Balaban J connectivity index is 2.51. The fourth-order valence-electron chi connectivity index (χ4n) is 2.75. The fourth-order valence-corrected chi connectivity index (χ4v) is 2.75. The molecule has 0 saturated carbocycles. The number of benzene rings is 1. The number of nitro benzene ring substituents is 1. The number of esters is 1. The minimum atomic E-state index is -0.607. The van der Waals surface area contributed by atoms with E-state index in [2.05, 4.69) is 10.2 Å². The molecule has 1 aromatic carbocycles. The van der Waals surface area contributed by atoms with Gasteiger partial charge >= 0.3 is 5.97 Å². The highest BCUT2D eigenvalue weighted by Crippen LogP contribution is 2.34. The third-order valence-electron chi connectivity index (χ3n) is 3.82. The average Bonchev–Trinajstić information content (AvgIpc) is 2.54. The third-order valence-corrected chi connectivity index (χ3v) is 3.82. The number of ether oxygens (including phenoxy) is 1. The zero-order valence-electron chi connectivity index (χ0n) is 13.4. The van der Waals surface area contributed by atoms with E-state index in [1.54, 1.807) is 26.0 Å². The normalized spacial score (nSPS) is 20.5. The lowest BCUT2D eigenvalue weighted by Gasteiger charge is -2.28. The van der Waals surface area contributed by atoms with Gasteiger partial charge in [0.25, 0.3) is 5.69 Å². The van der Waals surface area contributed by atoms with Crippen molar-refractivity contribution in [2.75, 3.05) is 6.61 Å². The van der Waals surface area contributed by atoms with Crippen molar-refractivity contribution in [3.05, 3.63) is 39.9 Å². The zero-order valence-corrected chi connectivity index (χ0v) is 13.4. The fraction of sp³-hybridized carbons (Fsp3) is 0.438. The molecule has 1 heterocycles. The summed E-state index contributed by atoms with van der Waals surface area (Å²) in [6, 6.07) is 6.30. The molecule has 0 aromatic heterocycles. The van der Waals surface area contributed by atoms with Gasteiger partial charge in [-0.2, -0.15) is 10.2 Å². The maximum Gasteiger partial charge on any atom is 0.315 e. The molecule has 2 atom stereocenters. The molecular formula is C16H19N3O4. The van der Waals surface area contributed by atoms with Gasteiger partial charge in [0.15, 0.2) is 0 Å². The highest BCUT2D eigenvalue weighted by atomic mass is 16.6. The average molecular weight is 317 g/mol. The molecular weight excluding hydrogens is 298 g/mol. The van der Waals surface area contributed by atoms with E-state index in [0.29, 0.717) is 23.4 Å². The monoisotopic (exact) mass is 317 g/mol. The van der Waals surface area contributed by atoms with Crippen molar-refractivity contribution in [2.24, 2.45) is 16.1 Å². The van der Waals surface area contributed by atoms with Crippen LogP contribution in [0.3, 0.4) is 0 Å². The van der Waals surface area contributed by atoms with Crippen LogP contribution in [0.1, 0.15) is 38.7 Å². The first-order valence-corrected chi connectivity index (χ1v) is 7.51. The number of nitro groups is 1. The van der Waals surface area contributed by atoms with Gasteiger partial charge in [-0.05, 0) is 25.8 Å². The van der Waals surface area contributed by atoms with Crippen LogP contribution in [0.25, 0.3) is 0 Å². The second-order valence-electron chi connectivity index (χ2n) is 5.25. The summed E-state index contributed by atoms with van der Waals surface area (Å²) >= 11 is 0. The lowest BCUT2D eigenvalue weighted by atomic mass is 9.78. The van der Waals surface area contributed by atoms with Crippen molar-refractivity contribution in [2.45, 2.75) is 33.1 Å². The smallest absolute Gasteiger partial charge is 0.315 e. The predicted molar refractivity (Wildman–Crippen MR) is 86.8 cm³/mol. The minimum absolute atomic E-state index is 0.0132. The number of hydrogen-bond donors (Lipinski definition) is 0. The van der Waals surface area contributed by atoms with E-state index in [1.807, 2.05) is 6.92 Å². The lowest BCUT2D eigenvalue weighted by molar-refractivity contribution is -0.384. The number of carbonyl (C=O) groups is 1. The standard InChI is InChI=1S/C16H19N3O4/c1-4-13-15(11-7-6-8-12(9-11)19(21)22)14(10(3)17-18-13)16(20)23-5-2/h6-9,14-15H,4-5H2,1-3H3. The summed E-state index contributed by atoms with van der Waals surface area (Å²) in [5.74, 6) is -1.38. The van der Waals surface area contributed by atoms with Crippen molar-refractivity contribution < 1.29 is 14.5 Å². The Bertz CT molecular complexity index is 682. The summed E-state index contributed by atoms with van der Waals surface area (Å²) in [5.41, 5.74) is 1.93. The number of hydrogen-bond acceptors (Lipinski definition) is 6. The molecule has 1 aliphatic rings. The van der Waals surface area contributed by atoms with Crippen LogP contribution in [0.15, 0.2) is 34.5 Å². The van der Waals surface area contributed by atoms with Gasteiger partial charge in [-0.15, -0.1) is 0 Å². The van der Waals surface area contributed by atoms with Crippen LogP contribution < -0.4 is 0 Å². The minimum Gasteiger partial charge on any atom is -0.465 e. The van der Waals surface area contributed by atoms with E-state index in [9.17, 15) is 14.9 Å². The summed E-state index contributed by atoms with van der Waals surface area (Å²) in [7, 11) is 0. The molecule has 122 valence electrons. The molecule has 2 unspecified atom stereocenters. The maximum absolute atomic E-state index is 12.4. The summed E-state index contributed by atoms with van der Waals surface area (Å²) in [5, 5.41) is 19.3. The van der Waals surface area contributed by atoms with Crippen LogP contribution in [0, 0.1) is 16.0 Å². The van der Waals surface area contributed by atoms with Gasteiger partial charge in [0.1, 0.15) is 5.92 Å². The zero-order chi connectivity index (χ0) is 17.0. The first kappa shape index (κ1) is 16.8. The third kappa shape index (κ3) is 3.44. The number of carbonyl (C=O) groups excluding carboxylic acids is 1. The highest BCUT2D eigenvalue weighted by Gasteiger charge is 2.38. The SMILES string of the molecule is CCOC(=O)C1C(C)=NN=C(CC)C1c1cccc([N+](=O)[O-])c1. The Kier molecular flexibility index (Phi) is 5.20. The van der Waals surface area contributed by atoms with Crippen LogP contribution in [0.4, 0.5) is 5.69 Å². The van der Waals surface area contributed by atoms with Crippen LogP contribution in [0.5, 0.6) is 0 Å². The van der Waals surface area contributed by atoms with Crippen LogP contribution in [-0.4, -0.2) is 28.9 Å². The van der Waals surface area contributed by atoms with Gasteiger partial charge in [-0.25, -0.2) is 0 Å². The van der Waals surface area contributed by atoms with E-state index in [1.165, 1.54) is 12.1 Å². The first-order chi connectivity index (χ1) is 11.0. The van der Waals surface area contributed by atoms with Gasteiger partial charge in [-0.1, -0.05) is 19.1 Å². The predicted octanol–water partition coefficient (Wildman–Crippen LogP) is 3.10. The molecule has 1 aliphatic heterocycles. The van der Waals surface area contributed by atoms with E-state index < -0.39 is 16.8 Å². The molecule has 23 heavy (non-hydrogen) atoms. The van der Waals surface area contributed by atoms with E-state index in [-0.39, 0.29) is 18.3 Å². The van der Waals surface area contributed by atoms with Gasteiger partial charge in [-0.3, -0.25) is 14.9 Å². The molecule has 0 aliphatic carbocycles. The highest BCUT2D eigenvalue weighted by molar-refractivity contribution is 6.10. The summed E-state index contributed by atoms with van der Waals surface area (Å²) in [4.78, 5) is 23.0. The Labute approximate surface area is 134 Å². The Morgan fingerprint density at radius 1 is 1.35 bits per heavy atom. The van der Waals surface area contributed by atoms with Crippen molar-refractivity contribution in [1.29, 1.82) is 0 Å². The second kappa shape index (κ2) is 7.13. The van der Waals surface area contributed by atoms with Crippen LogP contribution in [0.2, 0.25) is 0 Å². The van der Waals surface area contributed by atoms with Crippen LogP contribution >= 0.6 is 0 Å². The van der Waals surface area contributed by atoms with Gasteiger partial charge in [0.2, 0.25) is 0 Å². The largest absolute Gasteiger partial charge is 0.465 e. The van der Waals surface area contributed by atoms with Gasteiger partial charge in [0, 0.05) is 23.8 Å². The number of non-ortho nitro benzene ring substituents is 1. The Morgan fingerprint density at radius 3 is 2.70 bits per heavy atom. The molecule has 0 N–H and O–H groups in total. The molecule has 0 saturated heterocycles. The number of nitrogens with zero attached hydrogens (tertiary/aromatic N) is 3. The molecule has 1 aromatic rings. The first-order valence-electron chi connectivity index (χ1n) is 7.51. The second-order valence-corrected chi connectivity index (χ2v) is 5.25. The van der Waals surface area contributed by atoms with E-state index in [4.69, 9.17) is 4.74 Å². The van der Waals surface area contributed by atoms with Crippen molar-refractivity contribution in [1.82, 2.24) is 0 Å².